The molecule has 21 heavy (non-hydrogen) atoms. The Bertz CT molecular complexity index is 401. The fourth-order valence-electron chi connectivity index (χ4n) is 1.83. The van der Waals surface area contributed by atoms with Crippen LogP contribution in [0.4, 0.5) is 0 Å². The number of aliphatic hydroxyl groups excluding tert-OH is 1. The maximum absolute atomic E-state index is 9.87. The third-order valence-electron chi connectivity index (χ3n) is 3.00. The summed E-state index contributed by atoms with van der Waals surface area (Å²) in [6, 6.07) is 8.32. The first-order chi connectivity index (χ1) is 9.99. The fraction of sp³-hybridized carbons (Fsp3) is 0.625. The summed E-state index contributed by atoms with van der Waals surface area (Å²) >= 11 is 3.46. The lowest BCUT2D eigenvalue weighted by atomic mass is 10.1. The normalized spacial score (nSPS) is 14.4. The average Bonchev–Trinajstić information content (AvgIpc) is 2.44. The number of ether oxygens (including phenoxy) is 2. The second kappa shape index (κ2) is 10.3. The molecule has 1 unspecified atom stereocenters. The van der Waals surface area contributed by atoms with Crippen LogP contribution in [-0.2, 0) is 9.47 Å². The molecular weight excluding hydrogens is 334 g/mol. The molecule has 0 radical (unpaired) electrons. The van der Waals surface area contributed by atoms with E-state index in [2.05, 4.69) is 40.3 Å². The monoisotopic (exact) mass is 359 g/mol. The molecule has 0 saturated carbocycles. The zero-order valence-electron chi connectivity index (χ0n) is 13.0. The van der Waals surface area contributed by atoms with Crippen molar-refractivity contribution in [3.8, 4) is 0 Å². The Labute approximate surface area is 136 Å². The minimum absolute atomic E-state index is 0.182. The summed E-state index contributed by atoms with van der Waals surface area (Å²) in [5.74, 6) is 0. The lowest BCUT2D eigenvalue weighted by Gasteiger charge is -2.18. The Kier molecular flexibility index (Phi) is 9.11. The van der Waals surface area contributed by atoms with E-state index in [0.717, 1.165) is 4.47 Å². The van der Waals surface area contributed by atoms with E-state index in [0.29, 0.717) is 26.4 Å². The Morgan fingerprint density at radius 1 is 1.24 bits per heavy atom. The Morgan fingerprint density at radius 2 is 2.00 bits per heavy atom. The van der Waals surface area contributed by atoms with Gasteiger partial charge in [0.05, 0.1) is 32.0 Å². The minimum Gasteiger partial charge on any atom is -0.389 e. The number of hydrogen-bond acceptors (Lipinski definition) is 4. The van der Waals surface area contributed by atoms with Crippen LogP contribution in [0, 0.1) is 0 Å². The van der Waals surface area contributed by atoms with Gasteiger partial charge in [-0.15, -0.1) is 0 Å². The predicted molar refractivity (Wildman–Crippen MR) is 88.5 cm³/mol. The van der Waals surface area contributed by atoms with Crippen molar-refractivity contribution in [2.24, 2.45) is 0 Å². The molecule has 0 aliphatic rings. The molecule has 0 aromatic heterocycles. The highest BCUT2D eigenvalue weighted by molar-refractivity contribution is 9.10. The van der Waals surface area contributed by atoms with Crippen LogP contribution in [0.25, 0.3) is 0 Å². The molecule has 1 aromatic rings. The van der Waals surface area contributed by atoms with Gasteiger partial charge in [0.15, 0.2) is 0 Å². The van der Waals surface area contributed by atoms with Gasteiger partial charge in [0.1, 0.15) is 0 Å². The van der Waals surface area contributed by atoms with Crippen molar-refractivity contribution in [3.05, 3.63) is 34.3 Å². The topological polar surface area (TPSA) is 50.7 Å². The summed E-state index contributed by atoms with van der Waals surface area (Å²) in [5.41, 5.74) is 1.18. The van der Waals surface area contributed by atoms with Crippen molar-refractivity contribution in [2.45, 2.75) is 39.0 Å². The molecule has 0 heterocycles. The van der Waals surface area contributed by atoms with Crippen LogP contribution in [-0.4, -0.2) is 43.7 Å². The smallest absolute Gasteiger partial charge is 0.0897 e. The molecule has 0 saturated heterocycles. The number of halogens is 1. The number of aliphatic hydroxyl groups is 1. The van der Waals surface area contributed by atoms with Gasteiger partial charge in [-0.1, -0.05) is 28.1 Å². The van der Waals surface area contributed by atoms with Crippen LogP contribution < -0.4 is 5.32 Å². The first-order valence-electron chi connectivity index (χ1n) is 7.35. The Balaban J connectivity index is 2.16. The van der Waals surface area contributed by atoms with Gasteiger partial charge < -0.3 is 19.9 Å². The molecule has 1 aromatic carbocycles. The lowest BCUT2D eigenvalue weighted by Crippen LogP contribution is -2.32. The number of rotatable bonds is 10. The number of hydrogen-bond donors (Lipinski definition) is 2. The second-order valence-corrected chi connectivity index (χ2v) is 6.25. The molecule has 2 N–H and O–H groups in total. The van der Waals surface area contributed by atoms with Crippen LogP contribution >= 0.6 is 15.9 Å². The Morgan fingerprint density at radius 3 is 2.67 bits per heavy atom. The van der Waals surface area contributed by atoms with Crippen LogP contribution in [0.1, 0.15) is 32.4 Å². The predicted octanol–water partition coefficient (Wildman–Crippen LogP) is 2.90. The van der Waals surface area contributed by atoms with Gasteiger partial charge in [0.2, 0.25) is 0 Å². The molecule has 0 aliphatic heterocycles. The summed E-state index contributed by atoms with van der Waals surface area (Å²) in [5, 5.41) is 13.2. The maximum Gasteiger partial charge on any atom is 0.0897 e. The van der Waals surface area contributed by atoms with Crippen molar-refractivity contribution in [2.75, 3.05) is 26.4 Å². The van der Waals surface area contributed by atoms with Crippen molar-refractivity contribution in [1.82, 2.24) is 5.32 Å². The number of benzene rings is 1. The molecule has 0 amide bonds. The average molecular weight is 360 g/mol. The van der Waals surface area contributed by atoms with E-state index in [1.807, 2.05) is 26.0 Å². The largest absolute Gasteiger partial charge is 0.389 e. The van der Waals surface area contributed by atoms with Crippen molar-refractivity contribution >= 4 is 15.9 Å². The summed E-state index contributed by atoms with van der Waals surface area (Å²) in [6.45, 7) is 7.94. The SMILES string of the molecule is CC(C)OCCOCC(O)CN[C@@H](C)c1cccc(Br)c1. The molecule has 4 nitrogen and oxygen atoms in total. The molecule has 0 bridgehead atoms. The molecule has 2 atom stereocenters. The zero-order valence-corrected chi connectivity index (χ0v) is 14.6. The van der Waals surface area contributed by atoms with Crippen molar-refractivity contribution in [3.63, 3.8) is 0 Å². The molecule has 0 spiro atoms. The van der Waals surface area contributed by atoms with Crippen molar-refractivity contribution < 1.29 is 14.6 Å². The van der Waals surface area contributed by atoms with Crippen LogP contribution in [0.2, 0.25) is 0 Å². The molecule has 5 heteroatoms. The maximum atomic E-state index is 9.87. The van der Waals surface area contributed by atoms with E-state index in [-0.39, 0.29) is 12.1 Å². The van der Waals surface area contributed by atoms with Gasteiger partial charge in [-0.2, -0.15) is 0 Å². The van der Waals surface area contributed by atoms with Crippen molar-refractivity contribution in [1.29, 1.82) is 0 Å². The van der Waals surface area contributed by atoms with E-state index < -0.39 is 6.10 Å². The first kappa shape index (κ1) is 18.6. The third-order valence-corrected chi connectivity index (χ3v) is 3.49. The summed E-state index contributed by atoms with van der Waals surface area (Å²) < 4.78 is 11.8. The summed E-state index contributed by atoms with van der Waals surface area (Å²) in [7, 11) is 0. The van der Waals surface area contributed by atoms with Gasteiger partial charge in [0.25, 0.3) is 0 Å². The molecule has 0 fully saturated rings. The highest BCUT2D eigenvalue weighted by Crippen LogP contribution is 2.17. The molecule has 0 aliphatic carbocycles. The van der Waals surface area contributed by atoms with Crippen LogP contribution in [0.5, 0.6) is 0 Å². The number of nitrogens with one attached hydrogen (secondary N) is 1. The van der Waals surface area contributed by atoms with E-state index in [4.69, 9.17) is 9.47 Å². The van der Waals surface area contributed by atoms with E-state index in [1.165, 1.54) is 5.56 Å². The standard InChI is InChI=1S/C16H26BrNO3/c1-12(2)21-8-7-20-11-16(19)10-18-13(3)14-5-4-6-15(17)9-14/h4-6,9,12-13,16,18-19H,7-8,10-11H2,1-3H3/t13-,16?/m0/s1. The summed E-state index contributed by atoms with van der Waals surface area (Å²) in [6.07, 6.45) is -0.301. The highest BCUT2D eigenvalue weighted by atomic mass is 79.9. The minimum atomic E-state index is -0.515. The van der Waals surface area contributed by atoms with E-state index in [9.17, 15) is 5.11 Å². The first-order valence-corrected chi connectivity index (χ1v) is 8.14. The lowest BCUT2D eigenvalue weighted by molar-refractivity contribution is -0.0104. The van der Waals surface area contributed by atoms with E-state index in [1.54, 1.807) is 0 Å². The molecule has 1 rings (SSSR count). The van der Waals surface area contributed by atoms with Gasteiger partial charge in [-0.25, -0.2) is 0 Å². The van der Waals surface area contributed by atoms with Crippen LogP contribution in [0.3, 0.4) is 0 Å². The summed E-state index contributed by atoms with van der Waals surface area (Å²) in [4.78, 5) is 0. The van der Waals surface area contributed by atoms with E-state index >= 15 is 0 Å². The Hall–Kier alpha value is -0.460. The van der Waals surface area contributed by atoms with Gasteiger partial charge in [-0.3, -0.25) is 0 Å². The zero-order chi connectivity index (χ0) is 15.7. The van der Waals surface area contributed by atoms with Gasteiger partial charge >= 0.3 is 0 Å². The third kappa shape index (κ3) is 8.53. The fourth-order valence-corrected chi connectivity index (χ4v) is 2.24. The molecular formula is C16H26BrNO3. The second-order valence-electron chi connectivity index (χ2n) is 5.33. The molecule has 120 valence electrons. The van der Waals surface area contributed by atoms with Gasteiger partial charge in [-0.05, 0) is 38.5 Å². The van der Waals surface area contributed by atoms with Crippen LogP contribution in [0.15, 0.2) is 28.7 Å². The quantitative estimate of drug-likeness (QED) is 0.630. The highest BCUT2D eigenvalue weighted by Gasteiger charge is 2.09. The van der Waals surface area contributed by atoms with Gasteiger partial charge in [0, 0.05) is 17.1 Å².